The third-order valence-electron chi connectivity index (χ3n) is 9.58. The minimum Gasteiger partial charge on any atom is -0.504 e. The van der Waals surface area contributed by atoms with Gasteiger partial charge in [0.05, 0.1) is 21.9 Å². The van der Waals surface area contributed by atoms with Crippen LogP contribution in [0.15, 0.2) is 30.6 Å². The van der Waals surface area contributed by atoms with E-state index < -0.39 is 184 Å². The van der Waals surface area contributed by atoms with Crippen LogP contribution >= 0.6 is 0 Å². The highest BCUT2D eigenvalue weighted by atomic mass is 16.7. The molecule has 6 bridgehead atoms. The molecule has 22 nitrogen and oxygen atoms in total. The molecule has 2 aliphatic rings. The number of hydrogen-bond acceptors (Lipinski definition) is 22. The van der Waals surface area contributed by atoms with Gasteiger partial charge in [0.25, 0.3) is 0 Å². The molecule has 6 aromatic rings. The monoisotopic (exact) mass is 782 g/mol. The molecule has 5 atom stereocenters. The molecule has 0 saturated carbocycles. The molecule has 56 heavy (non-hydrogen) atoms. The van der Waals surface area contributed by atoms with Crippen LogP contribution in [-0.4, -0.2) is 116 Å². The van der Waals surface area contributed by atoms with E-state index in [9.17, 15) is 85.6 Å². The van der Waals surface area contributed by atoms with E-state index in [0.29, 0.717) is 12.1 Å². The predicted octanol–water partition coefficient (Wildman–Crippen LogP) is 0.0152. The third kappa shape index (κ3) is 4.57. The lowest BCUT2D eigenvalue weighted by atomic mass is 9.88. The zero-order valence-corrected chi connectivity index (χ0v) is 27.2. The largest absolute Gasteiger partial charge is 0.504 e. The number of rotatable bonds is 0. The molecule has 1 saturated heterocycles. The summed E-state index contributed by atoms with van der Waals surface area (Å²) in [6, 6.07) is 0.887. The van der Waals surface area contributed by atoms with E-state index in [1.807, 2.05) is 0 Å². The van der Waals surface area contributed by atoms with E-state index in [4.69, 9.17) is 23.0 Å². The molecule has 0 spiro atoms. The minimum absolute atomic E-state index is 0.424. The van der Waals surface area contributed by atoms with Crippen molar-refractivity contribution < 1.29 is 99.0 Å². The van der Waals surface area contributed by atoms with Gasteiger partial charge in [-0.25, -0.2) is 19.2 Å². The highest BCUT2D eigenvalue weighted by molar-refractivity contribution is 6.29. The number of hydrogen-bond donors (Lipinski definition) is 13. The second kappa shape index (κ2) is 11.8. The van der Waals surface area contributed by atoms with E-state index in [0.717, 1.165) is 0 Å². The summed E-state index contributed by atoms with van der Waals surface area (Å²) in [5.74, 6) is -17.2. The van der Waals surface area contributed by atoms with Gasteiger partial charge in [-0.15, -0.1) is 0 Å². The number of carbonyl (C=O) groups is 2. The van der Waals surface area contributed by atoms with Crippen molar-refractivity contribution >= 4 is 44.6 Å². The van der Waals surface area contributed by atoms with Gasteiger partial charge in [-0.3, -0.25) is 0 Å². The molecule has 22 heteroatoms. The second-order valence-electron chi connectivity index (χ2n) is 12.6. The molecular weight excluding hydrogens is 760 g/mol. The Morgan fingerprint density at radius 2 is 0.929 bits per heavy atom. The number of carbonyl (C=O) groups excluding carboxylic acids is 2. The number of aliphatic hydroxyl groups excluding tert-OH is 3. The van der Waals surface area contributed by atoms with Crippen LogP contribution in [0.2, 0.25) is 0 Å². The second-order valence-corrected chi connectivity index (χ2v) is 12.6. The fourth-order valence-electron chi connectivity index (χ4n) is 7.00. The van der Waals surface area contributed by atoms with Crippen molar-refractivity contribution in [2.45, 2.75) is 30.7 Å². The first kappa shape index (κ1) is 35.6. The smallest absolute Gasteiger partial charge is 0.345 e. The zero-order valence-electron chi connectivity index (χ0n) is 27.2. The number of cyclic esters (lactones) is 1. The maximum absolute atomic E-state index is 14.0. The van der Waals surface area contributed by atoms with Crippen molar-refractivity contribution in [3.05, 3.63) is 44.1 Å². The fourth-order valence-corrected chi connectivity index (χ4v) is 7.00. The van der Waals surface area contributed by atoms with Crippen LogP contribution in [-0.2, 0) is 14.2 Å². The molecule has 290 valence electrons. The van der Waals surface area contributed by atoms with Crippen LogP contribution in [0.5, 0.6) is 57.5 Å². The molecule has 1 fully saturated rings. The number of phenolic OH excluding ortho intramolecular Hbond substituents is 10. The normalized spacial score (nSPS) is 21.3. The molecule has 0 aliphatic carbocycles. The quantitative estimate of drug-likeness (QED) is 0.0418. The van der Waals surface area contributed by atoms with Gasteiger partial charge in [-0.2, -0.15) is 0 Å². The number of ether oxygens (including phenoxy) is 3. The molecule has 0 unspecified atom stereocenters. The summed E-state index contributed by atoms with van der Waals surface area (Å²) < 4.78 is 26.3. The Kier molecular flexibility index (Phi) is 7.50. The van der Waals surface area contributed by atoms with Crippen LogP contribution in [0.1, 0.15) is 20.7 Å². The standard InChI is InChI=1S/C34H22O22/c35-6-1-4-9(19(39)17(6)37)11-15-13-14-16(33(50)56-28(13)23(43)21(11)41)12(22(42)24(44)29(14)55-32(15)49)10-5(2-7(36)18(38)20(10)40)31(48)54-27-8(3-52-30(4)47)53-34(51)26(46)25(27)45/h1-2,8,25-27,34-46,51H,3H2/t8-,25-,26+,27+,34-/m0/s1. The Balaban J connectivity index is 1.62. The van der Waals surface area contributed by atoms with Crippen LogP contribution in [0.25, 0.3) is 55.0 Å². The van der Waals surface area contributed by atoms with E-state index in [1.165, 1.54) is 0 Å². The number of fused-ring (bicyclic) bond motifs is 5. The summed E-state index contributed by atoms with van der Waals surface area (Å²) in [4.78, 5) is 55.4. The number of benzene rings is 4. The number of aromatic hydroxyl groups is 10. The summed E-state index contributed by atoms with van der Waals surface area (Å²) in [6.07, 6.45) is -10.9. The van der Waals surface area contributed by atoms with Crippen molar-refractivity contribution in [2.75, 3.05) is 6.61 Å². The number of esters is 2. The lowest BCUT2D eigenvalue weighted by Crippen LogP contribution is -2.60. The Hall–Kier alpha value is -7.40. The summed E-state index contributed by atoms with van der Waals surface area (Å²) in [5, 5.41) is 137. The van der Waals surface area contributed by atoms with Crippen LogP contribution in [0, 0.1) is 0 Å². The molecule has 4 heterocycles. The zero-order chi connectivity index (χ0) is 40.6. The van der Waals surface area contributed by atoms with Gasteiger partial charge in [0.15, 0.2) is 58.1 Å². The highest BCUT2D eigenvalue weighted by Crippen LogP contribution is 2.58. The van der Waals surface area contributed by atoms with Crippen LogP contribution < -0.4 is 11.3 Å². The van der Waals surface area contributed by atoms with Crippen molar-refractivity contribution in [1.29, 1.82) is 0 Å². The van der Waals surface area contributed by atoms with Crippen molar-refractivity contribution in [3.63, 3.8) is 0 Å². The van der Waals surface area contributed by atoms with Gasteiger partial charge in [-0.05, 0) is 12.1 Å². The minimum atomic E-state index is -2.28. The Labute approximate surface area is 304 Å². The lowest BCUT2D eigenvalue weighted by Gasteiger charge is -2.40. The SMILES string of the molecule is O=C1OC[C@@H]2O[C@H](O)[C@H](O)[C@H](O)[C@@H]2OC(=O)c2cc(O)c(O)c(O)c2-c2c(O)c(O)c3oc(=O)c4c(c(O)c(O)c5oc(=O)c2c3c54)-c2c1cc(O)c(O)c2O. The summed E-state index contributed by atoms with van der Waals surface area (Å²) in [6.45, 7) is -1.15. The summed E-state index contributed by atoms with van der Waals surface area (Å²) >= 11 is 0. The van der Waals surface area contributed by atoms with E-state index in [1.54, 1.807) is 0 Å². The molecule has 8 rings (SSSR count). The van der Waals surface area contributed by atoms with Gasteiger partial charge in [0.1, 0.15) is 24.9 Å². The van der Waals surface area contributed by atoms with Gasteiger partial charge >= 0.3 is 23.2 Å². The molecule has 2 aromatic heterocycles. The van der Waals surface area contributed by atoms with Gasteiger partial charge in [0, 0.05) is 33.0 Å². The van der Waals surface area contributed by atoms with E-state index in [-0.39, 0.29) is 0 Å². The molecule has 13 N–H and O–H groups in total. The predicted molar refractivity (Wildman–Crippen MR) is 177 cm³/mol. The van der Waals surface area contributed by atoms with Crippen LogP contribution in [0.3, 0.4) is 0 Å². The average molecular weight is 783 g/mol. The maximum atomic E-state index is 14.0. The van der Waals surface area contributed by atoms with E-state index in [2.05, 4.69) is 0 Å². The van der Waals surface area contributed by atoms with Gasteiger partial charge in [-0.1, -0.05) is 0 Å². The number of aliphatic hydroxyl groups is 3. The first-order valence-electron chi connectivity index (χ1n) is 15.7. The fraction of sp³-hybridized carbons (Fsp3) is 0.176. The number of phenols is 10. The van der Waals surface area contributed by atoms with Crippen molar-refractivity contribution in [1.82, 2.24) is 0 Å². The Morgan fingerprint density at radius 1 is 0.500 bits per heavy atom. The van der Waals surface area contributed by atoms with Crippen molar-refractivity contribution in [3.8, 4) is 79.7 Å². The Bertz CT molecular complexity index is 2870. The van der Waals surface area contributed by atoms with Crippen molar-refractivity contribution in [2.24, 2.45) is 0 Å². The first-order chi connectivity index (χ1) is 26.4. The van der Waals surface area contributed by atoms with Gasteiger partial charge in [0.2, 0.25) is 23.0 Å². The molecular formula is C34H22O22. The average Bonchev–Trinajstić information content (AvgIpc) is 3.15. The molecule has 0 radical (unpaired) electrons. The topological polar surface area (TPSA) is 385 Å². The van der Waals surface area contributed by atoms with E-state index >= 15 is 0 Å². The maximum Gasteiger partial charge on any atom is 0.345 e. The van der Waals surface area contributed by atoms with Gasteiger partial charge < -0.3 is 89.4 Å². The highest BCUT2D eigenvalue weighted by Gasteiger charge is 2.48. The summed E-state index contributed by atoms with van der Waals surface area (Å²) in [5.41, 5.74) is -11.8. The first-order valence-corrected chi connectivity index (χ1v) is 15.7. The lowest BCUT2D eigenvalue weighted by molar-refractivity contribution is -0.285. The Morgan fingerprint density at radius 3 is 1.39 bits per heavy atom. The molecule has 2 aliphatic heterocycles. The molecule has 4 aromatic carbocycles. The molecule has 0 amide bonds. The summed E-state index contributed by atoms with van der Waals surface area (Å²) in [7, 11) is 0. The third-order valence-corrected chi connectivity index (χ3v) is 9.58. The van der Waals surface area contributed by atoms with Crippen LogP contribution in [0.4, 0.5) is 0 Å².